The van der Waals surface area contributed by atoms with Crippen molar-refractivity contribution in [2.24, 2.45) is 0 Å². The molecule has 0 aliphatic heterocycles. The van der Waals surface area contributed by atoms with Crippen molar-refractivity contribution in [3.05, 3.63) is 46.6 Å². The number of hydrogen-bond donors (Lipinski definition) is 1. The van der Waals surface area contributed by atoms with E-state index in [9.17, 15) is 0 Å². The predicted octanol–water partition coefficient (Wildman–Crippen LogP) is 2.59. The van der Waals surface area contributed by atoms with Gasteiger partial charge in [-0.2, -0.15) is 4.98 Å². The third-order valence-corrected chi connectivity index (χ3v) is 2.82. The van der Waals surface area contributed by atoms with Crippen molar-refractivity contribution in [3.63, 3.8) is 0 Å². The van der Waals surface area contributed by atoms with Gasteiger partial charge in [0, 0.05) is 5.02 Å². The summed E-state index contributed by atoms with van der Waals surface area (Å²) in [6.07, 6.45) is 0.626. The zero-order valence-electron chi connectivity index (χ0n) is 9.77. The fourth-order valence-electron chi connectivity index (χ4n) is 1.42. The third-order valence-electron chi connectivity index (χ3n) is 2.57. The molecule has 0 aliphatic rings. The van der Waals surface area contributed by atoms with Crippen LogP contribution >= 0.6 is 11.6 Å². The molecule has 0 spiro atoms. The molecule has 1 heterocycles. The summed E-state index contributed by atoms with van der Waals surface area (Å²) in [7, 11) is 1.86. The monoisotopic (exact) mass is 251 g/mol. The molecule has 1 aromatic carbocycles. The summed E-state index contributed by atoms with van der Waals surface area (Å²) in [6.45, 7) is 1.98. The molecule has 2 rings (SSSR count). The van der Waals surface area contributed by atoms with E-state index in [4.69, 9.17) is 16.1 Å². The van der Waals surface area contributed by atoms with Crippen LogP contribution in [0.3, 0.4) is 0 Å². The van der Waals surface area contributed by atoms with Crippen LogP contribution in [0.5, 0.6) is 0 Å². The second-order valence-corrected chi connectivity index (χ2v) is 4.30. The van der Waals surface area contributed by atoms with Crippen LogP contribution in [0.4, 0.5) is 0 Å². The Labute approximate surface area is 105 Å². The van der Waals surface area contributed by atoms with Crippen LogP contribution in [-0.4, -0.2) is 17.2 Å². The fraction of sp³-hybridized carbons (Fsp3) is 0.333. The zero-order valence-corrected chi connectivity index (χ0v) is 10.5. The quantitative estimate of drug-likeness (QED) is 0.908. The topological polar surface area (TPSA) is 51.0 Å². The fourth-order valence-corrected chi connectivity index (χ4v) is 1.55. The van der Waals surface area contributed by atoms with Gasteiger partial charge in [-0.3, -0.25) is 0 Å². The van der Waals surface area contributed by atoms with Crippen LogP contribution in [-0.2, 0) is 6.42 Å². The number of nitrogens with one attached hydrogen (secondary N) is 1. The minimum absolute atomic E-state index is 0.0951. The Balaban J connectivity index is 2.08. The first-order chi connectivity index (χ1) is 8.19. The van der Waals surface area contributed by atoms with Crippen molar-refractivity contribution < 1.29 is 4.52 Å². The second kappa shape index (κ2) is 5.29. The van der Waals surface area contributed by atoms with Crippen molar-refractivity contribution in [1.29, 1.82) is 0 Å². The molecule has 0 radical (unpaired) electrons. The predicted molar refractivity (Wildman–Crippen MR) is 66.0 cm³/mol. The van der Waals surface area contributed by atoms with Crippen molar-refractivity contribution in [1.82, 2.24) is 15.5 Å². The maximum atomic E-state index is 5.82. The van der Waals surface area contributed by atoms with Crippen LogP contribution in [0.15, 0.2) is 28.8 Å². The van der Waals surface area contributed by atoms with Gasteiger partial charge in [0.2, 0.25) is 5.89 Å². The van der Waals surface area contributed by atoms with E-state index in [0.29, 0.717) is 18.1 Å². The smallest absolute Gasteiger partial charge is 0.231 e. The Bertz CT molecular complexity index is 481. The first-order valence-electron chi connectivity index (χ1n) is 5.43. The Morgan fingerprint density at radius 3 is 2.71 bits per heavy atom. The highest BCUT2D eigenvalue weighted by Crippen LogP contribution is 2.14. The first-order valence-corrected chi connectivity index (χ1v) is 5.81. The van der Waals surface area contributed by atoms with E-state index in [1.807, 2.05) is 38.2 Å². The van der Waals surface area contributed by atoms with E-state index in [1.54, 1.807) is 0 Å². The molecule has 0 aliphatic carbocycles. The molecule has 1 N–H and O–H groups in total. The highest BCUT2D eigenvalue weighted by molar-refractivity contribution is 6.30. The zero-order chi connectivity index (χ0) is 12.3. The van der Waals surface area contributed by atoms with Crippen LogP contribution in [0.2, 0.25) is 5.02 Å². The van der Waals surface area contributed by atoms with Gasteiger partial charge < -0.3 is 9.84 Å². The Kier molecular flexibility index (Phi) is 3.76. The third kappa shape index (κ3) is 3.05. The standard InChI is InChI=1S/C12H14ClN3O/c1-8(14-2)12-15-11(17-16-12)7-9-3-5-10(13)6-4-9/h3-6,8,14H,7H2,1-2H3. The Morgan fingerprint density at radius 1 is 1.35 bits per heavy atom. The van der Waals surface area contributed by atoms with E-state index < -0.39 is 0 Å². The number of halogens is 1. The molecule has 0 saturated carbocycles. The Morgan fingerprint density at radius 2 is 2.06 bits per heavy atom. The Hall–Kier alpha value is -1.39. The van der Waals surface area contributed by atoms with Crippen LogP contribution in [0, 0.1) is 0 Å². The SMILES string of the molecule is CNC(C)c1noc(Cc2ccc(Cl)cc2)n1. The lowest BCUT2D eigenvalue weighted by Crippen LogP contribution is -2.13. The molecule has 0 amide bonds. The summed E-state index contributed by atoms with van der Waals surface area (Å²) in [6, 6.07) is 7.70. The molecule has 1 unspecified atom stereocenters. The van der Waals surface area contributed by atoms with E-state index in [-0.39, 0.29) is 6.04 Å². The molecule has 0 fully saturated rings. The van der Waals surface area contributed by atoms with Gasteiger partial charge in [0.1, 0.15) is 0 Å². The molecular formula is C12H14ClN3O. The number of hydrogen-bond acceptors (Lipinski definition) is 4. The molecule has 0 bridgehead atoms. The summed E-state index contributed by atoms with van der Waals surface area (Å²) >= 11 is 5.82. The summed E-state index contributed by atoms with van der Waals surface area (Å²) < 4.78 is 5.19. The molecule has 1 atom stereocenters. The molecule has 1 aromatic heterocycles. The molecule has 4 nitrogen and oxygen atoms in total. The molecule has 17 heavy (non-hydrogen) atoms. The summed E-state index contributed by atoms with van der Waals surface area (Å²) in [5, 5.41) is 7.72. The van der Waals surface area contributed by atoms with Crippen molar-refractivity contribution in [2.75, 3.05) is 7.05 Å². The molecule has 2 aromatic rings. The van der Waals surface area contributed by atoms with Gasteiger partial charge >= 0.3 is 0 Å². The average Bonchev–Trinajstić information content (AvgIpc) is 2.80. The van der Waals surface area contributed by atoms with Crippen molar-refractivity contribution >= 4 is 11.6 Å². The maximum absolute atomic E-state index is 5.82. The summed E-state index contributed by atoms with van der Waals surface area (Å²) in [5.41, 5.74) is 1.10. The number of aromatic nitrogens is 2. The highest BCUT2D eigenvalue weighted by Gasteiger charge is 2.11. The minimum Gasteiger partial charge on any atom is -0.339 e. The van der Waals surface area contributed by atoms with Crippen LogP contribution in [0.1, 0.15) is 30.2 Å². The maximum Gasteiger partial charge on any atom is 0.231 e. The lowest BCUT2D eigenvalue weighted by molar-refractivity contribution is 0.374. The van der Waals surface area contributed by atoms with Gasteiger partial charge in [0.15, 0.2) is 5.82 Å². The van der Waals surface area contributed by atoms with Gasteiger partial charge in [-0.1, -0.05) is 28.9 Å². The van der Waals surface area contributed by atoms with E-state index >= 15 is 0 Å². The molecule has 0 saturated heterocycles. The van der Waals surface area contributed by atoms with Gasteiger partial charge in [0.25, 0.3) is 0 Å². The van der Waals surface area contributed by atoms with Gasteiger partial charge in [-0.05, 0) is 31.7 Å². The molecule has 5 heteroatoms. The summed E-state index contributed by atoms with van der Waals surface area (Å²) in [5.74, 6) is 1.29. The van der Waals surface area contributed by atoms with Crippen LogP contribution in [0.25, 0.3) is 0 Å². The first kappa shape index (κ1) is 12.1. The summed E-state index contributed by atoms with van der Waals surface area (Å²) in [4.78, 5) is 4.33. The average molecular weight is 252 g/mol. The van der Waals surface area contributed by atoms with Crippen molar-refractivity contribution in [2.45, 2.75) is 19.4 Å². The largest absolute Gasteiger partial charge is 0.339 e. The van der Waals surface area contributed by atoms with E-state index in [2.05, 4.69) is 15.5 Å². The van der Waals surface area contributed by atoms with Gasteiger partial charge in [-0.15, -0.1) is 0 Å². The molecular weight excluding hydrogens is 238 g/mol. The van der Waals surface area contributed by atoms with E-state index in [0.717, 1.165) is 10.6 Å². The second-order valence-electron chi connectivity index (χ2n) is 3.86. The number of nitrogens with zero attached hydrogens (tertiary/aromatic N) is 2. The number of benzene rings is 1. The lowest BCUT2D eigenvalue weighted by Gasteiger charge is -2.01. The highest BCUT2D eigenvalue weighted by atomic mass is 35.5. The number of rotatable bonds is 4. The van der Waals surface area contributed by atoms with Crippen LogP contribution < -0.4 is 5.32 Å². The lowest BCUT2D eigenvalue weighted by atomic mass is 10.1. The minimum atomic E-state index is 0.0951. The van der Waals surface area contributed by atoms with Gasteiger partial charge in [-0.25, -0.2) is 0 Å². The van der Waals surface area contributed by atoms with Gasteiger partial charge in [0.05, 0.1) is 12.5 Å². The van der Waals surface area contributed by atoms with Crippen molar-refractivity contribution in [3.8, 4) is 0 Å². The molecule has 90 valence electrons. The van der Waals surface area contributed by atoms with E-state index in [1.165, 1.54) is 0 Å². The normalized spacial score (nSPS) is 12.6.